The molecule has 2 N–H and O–H groups in total. The summed E-state index contributed by atoms with van der Waals surface area (Å²) in [4.78, 5) is 16.7. The molecule has 0 fully saturated rings. The first-order chi connectivity index (χ1) is 11.8. The molecule has 1 atom stereocenters. The van der Waals surface area contributed by atoms with Gasteiger partial charge in [0.15, 0.2) is 0 Å². The molecule has 0 amide bonds. The van der Waals surface area contributed by atoms with Crippen molar-refractivity contribution in [1.82, 2.24) is 14.9 Å². The Bertz CT molecular complexity index is 829. The molecule has 0 aliphatic rings. The van der Waals surface area contributed by atoms with E-state index >= 15 is 0 Å². The SMILES string of the molecule is O=c1c2sccc2ncn1CCNC(CCCO)c1ccccc1. The average Bonchev–Trinajstić information content (AvgIpc) is 3.10. The number of nitrogens with one attached hydrogen (secondary N) is 1. The van der Waals surface area contributed by atoms with Gasteiger partial charge in [0.1, 0.15) is 4.70 Å². The number of rotatable bonds is 8. The van der Waals surface area contributed by atoms with Crippen LogP contribution in [0.4, 0.5) is 0 Å². The molecule has 1 aromatic carbocycles. The Hall–Kier alpha value is -2.02. The minimum Gasteiger partial charge on any atom is -0.396 e. The summed E-state index contributed by atoms with van der Waals surface area (Å²) in [7, 11) is 0. The van der Waals surface area contributed by atoms with Gasteiger partial charge < -0.3 is 10.4 Å². The Labute approximate surface area is 144 Å². The van der Waals surface area contributed by atoms with Crippen molar-refractivity contribution in [2.45, 2.75) is 25.4 Å². The fourth-order valence-corrected chi connectivity index (χ4v) is 3.56. The number of thiophene rings is 1. The fraction of sp³-hybridized carbons (Fsp3) is 0.333. The maximum atomic E-state index is 12.4. The highest BCUT2D eigenvalue weighted by Crippen LogP contribution is 2.18. The predicted molar refractivity (Wildman–Crippen MR) is 97.4 cm³/mol. The second-order valence-electron chi connectivity index (χ2n) is 5.66. The third kappa shape index (κ3) is 3.90. The molecule has 0 spiro atoms. The van der Waals surface area contributed by atoms with Crippen LogP contribution in [0.15, 0.2) is 52.9 Å². The molecule has 0 saturated carbocycles. The van der Waals surface area contributed by atoms with E-state index in [0.717, 1.165) is 18.4 Å². The molecule has 5 nitrogen and oxygen atoms in total. The van der Waals surface area contributed by atoms with E-state index in [1.165, 1.54) is 16.9 Å². The van der Waals surface area contributed by atoms with E-state index in [2.05, 4.69) is 22.4 Å². The molecule has 0 aliphatic carbocycles. The van der Waals surface area contributed by atoms with Crippen LogP contribution < -0.4 is 10.9 Å². The Morgan fingerprint density at radius 3 is 2.88 bits per heavy atom. The molecule has 1 unspecified atom stereocenters. The lowest BCUT2D eigenvalue weighted by atomic mass is 10.0. The first kappa shape index (κ1) is 16.8. The average molecular weight is 343 g/mol. The van der Waals surface area contributed by atoms with Gasteiger partial charge >= 0.3 is 0 Å². The van der Waals surface area contributed by atoms with Gasteiger partial charge in [-0.05, 0) is 29.9 Å². The summed E-state index contributed by atoms with van der Waals surface area (Å²) in [6.45, 7) is 1.43. The van der Waals surface area contributed by atoms with Gasteiger partial charge in [-0.1, -0.05) is 30.3 Å². The lowest BCUT2D eigenvalue weighted by molar-refractivity contribution is 0.274. The van der Waals surface area contributed by atoms with E-state index in [1.54, 1.807) is 10.9 Å². The smallest absolute Gasteiger partial charge is 0.271 e. The van der Waals surface area contributed by atoms with E-state index in [9.17, 15) is 4.79 Å². The second-order valence-corrected chi connectivity index (χ2v) is 6.58. The van der Waals surface area contributed by atoms with Crippen LogP contribution >= 0.6 is 11.3 Å². The van der Waals surface area contributed by atoms with Crippen molar-refractivity contribution in [3.05, 3.63) is 64.0 Å². The van der Waals surface area contributed by atoms with Crippen molar-refractivity contribution in [2.24, 2.45) is 0 Å². The van der Waals surface area contributed by atoms with E-state index in [-0.39, 0.29) is 18.2 Å². The van der Waals surface area contributed by atoms with Gasteiger partial charge in [-0.15, -0.1) is 11.3 Å². The van der Waals surface area contributed by atoms with Crippen molar-refractivity contribution in [3.63, 3.8) is 0 Å². The zero-order valence-electron chi connectivity index (χ0n) is 13.4. The van der Waals surface area contributed by atoms with Crippen LogP contribution in [0.2, 0.25) is 0 Å². The van der Waals surface area contributed by atoms with Crippen LogP contribution in [0.3, 0.4) is 0 Å². The number of fused-ring (bicyclic) bond motifs is 1. The second kappa shape index (κ2) is 8.19. The van der Waals surface area contributed by atoms with Gasteiger partial charge in [0, 0.05) is 25.7 Å². The first-order valence-corrected chi connectivity index (χ1v) is 8.99. The van der Waals surface area contributed by atoms with Gasteiger partial charge in [0.25, 0.3) is 5.56 Å². The number of nitrogens with zero attached hydrogens (tertiary/aromatic N) is 2. The summed E-state index contributed by atoms with van der Waals surface area (Å²) in [5.41, 5.74) is 1.98. The van der Waals surface area contributed by atoms with Crippen LogP contribution in [0, 0.1) is 0 Å². The zero-order valence-corrected chi connectivity index (χ0v) is 14.2. The van der Waals surface area contributed by atoms with Crippen LogP contribution in [0.1, 0.15) is 24.4 Å². The number of aromatic nitrogens is 2. The largest absolute Gasteiger partial charge is 0.396 e. The number of hydrogen-bond acceptors (Lipinski definition) is 5. The maximum absolute atomic E-state index is 12.4. The number of aliphatic hydroxyl groups is 1. The zero-order chi connectivity index (χ0) is 16.8. The molecule has 126 valence electrons. The molecule has 24 heavy (non-hydrogen) atoms. The molecule has 0 aliphatic heterocycles. The minimum absolute atomic E-state index is 0.0171. The summed E-state index contributed by atoms with van der Waals surface area (Å²) < 4.78 is 2.36. The van der Waals surface area contributed by atoms with Gasteiger partial charge in [0.05, 0.1) is 11.8 Å². The number of hydrogen-bond donors (Lipinski definition) is 2. The van der Waals surface area contributed by atoms with E-state index in [1.807, 2.05) is 29.6 Å². The van der Waals surface area contributed by atoms with Crippen LogP contribution in [0.25, 0.3) is 10.2 Å². The topological polar surface area (TPSA) is 67.2 Å². The van der Waals surface area contributed by atoms with Crippen molar-refractivity contribution in [2.75, 3.05) is 13.2 Å². The molecule has 0 saturated heterocycles. The Morgan fingerprint density at radius 2 is 2.08 bits per heavy atom. The lowest BCUT2D eigenvalue weighted by Crippen LogP contribution is -2.29. The molecular formula is C18H21N3O2S. The van der Waals surface area contributed by atoms with Crippen molar-refractivity contribution in [1.29, 1.82) is 0 Å². The molecule has 2 heterocycles. The van der Waals surface area contributed by atoms with Crippen molar-refractivity contribution < 1.29 is 5.11 Å². The monoisotopic (exact) mass is 343 g/mol. The molecule has 0 radical (unpaired) electrons. The number of aliphatic hydroxyl groups excluding tert-OH is 1. The van der Waals surface area contributed by atoms with Crippen molar-refractivity contribution in [3.8, 4) is 0 Å². The Morgan fingerprint density at radius 1 is 1.25 bits per heavy atom. The highest BCUT2D eigenvalue weighted by Gasteiger charge is 2.11. The lowest BCUT2D eigenvalue weighted by Gasteiger charge is -2.19. The van der Waals surface area contributed by atoms with Crippen LogP contribution in [-0.2, 0) is 6.54 Å². The molecule has 6 heteroatoms. The molecule has 3 rings (SSSR count). The fourth-order valence-electron chi connectivity index (χ4n) is 2.76. The molecule has 2 aromatic heterocycles. The summed E-state index contributed by atoms with van der Waals surface area (Å²) >= 11 is 1.43. The highest BCUT2D eigenvalue weighted by atomic mass is 32.1. The summed E-state index contributed by atoms with van der Waals surface area (Å²) in [6.07, 6.45) is 3.22. The summed E-state index contributed by atoms with van der Waals surface area (Å²) in [5, 5.41) is 14.5. The van der Waals surface area contributed by atoms with Gasteiger partial charge in [-0.25, -0.2) is 4.98 Å². The van der Waals surface area contributed by atoms with Crippen LogP contribution in [-0.4, -0.2) is 27.8 Å². The van der Waals surface area contributed by atoms with Gasteiger partial charge in [-0.3, -0.25) is 9.36 Å². The van der Waals surface area contributed by atoms with E-state index in [0.29, 0.717) is 17.8 Å². The number of benzene rings is 1. The first-order valence-electron chi connectivity index (χ1n) is 8.11. The van der Waals surface area contributed by atoms with E-state index in [4.69, 9.17) is 5.11 Å². The maximum Gasteiger partial charge on any atom is 0.271 e. The van der Waals surface area contributed by atoms with Crippen LogP contribution in [0.5, 0.6) is 0 Å². The summed E-state index contributed by atoms with van der Waals surface area (Å²) in [6, 6.07) is 12.2. The van der Waals surface area contributed by atoms with Gasteiger partial charge in [-0.2, -0.15) is 0 Å². The van der Waals surface area contributed by atoms with Crippen molar-refractivity contribution >= 4 is 21.6 Å². The predicted octanol–water partition coefficient (Wildman–Crippen LogP) is 2.56. The summed E-state index contributed by atoms with van der Waals surface area (Å²) in [5.74, 6) is 0. The third-order valence-corrected chi connectivity index (χ3v) is 4.92. The standard InChI is InChI=1S/C18H21N3O2S/c22-11-4-7-15(14-5-2-1-3-6-14)19-9-10-21-13-20-16-8-12-24-17(16)18(21)23/h1-3,5-6,8,12-13,15,19,22H,4,7,9-11H2. The Balaban J connectivity index is 1.65. The normalized spacial score (nSPS) is 12.5. The third-order valence-electron chi connectivity index (χ3n) is 4.03. The molecule has 3 aromatic rings. The highest BCUT2D eigenvalue weighted by molar-refractivity contribution is 7.17. The van der Waals surface area contributed by atoms with Gasteiger partial charge in [0.2, 0.25) is 0 Å². The quantitative estimate of drug-likeness (QED) is 0.660. The molecular weight excluding hydrogens is 322 g/mol. The Kier molecular flexibility index (Phi) is 5.74. The van der Waals surface area contributed by atoms with E-state index < -0.39 is 0 Å². The minimum atomic E-state index is 0.0171. The molecule has 0 bridgehead atoms.